The third-order valence-electron chi connectivity index (χ3n) is 7.10. The summed E-state index contributed by atoms with van der Waals surface area (Å²) in [5.74, 6) is 0.618. The molecule has 1 amide bonds. The molecule has 1 aliphatic carbocycles. The lowest BCUT2D eigenvalue weighted by molar-refractivity contribution is 0.0930. The monoisotopic (exact) mass is 474 g/mol. The average molecular weight is 475 g/mol. The van der Waals surface area contributed by atoms with E-state index in [0.717, 1.165) is 66.9 Å². The van der Waals surface area contributed by atoms with Gasteiger partial charge in [-0.05, 0) is 80.7 Å². The SMILES string of the molecule is C1CNC1.COc1ccc(C)c(C(=O)NC2(c3cc(N4CCOCC4)cc4ncccc34)CC2)c1. The summed E-state index contributed by atoms with van der Waals surface area (Å²) in [7, 11) is 1.62. The molecule has 2 saturated heterocycles. The number of carbonyl (C=O) groups excluding carboxylic acids is 1. The maximum absolute atomic E-state index is 13.3. The minimum atomic E-state index is -0.365. The summed E-state index contributed by atoms with van der Waals surface area (Å²) >= 11 is 0. The quantitative estimate of drug-likeness (QED) is 0.586. The number of methoxy groups -OCH3 is 1. The number of carbonyl (C=O) groups is 1. The third kappa shape index (κ3) is 5.11. The maximum Gasteiger partial charge on any atom is 0.252 e. The molecule has 2 aromatic carbocycles. The summed E-state index contributed by atoms with van der Waals surface area (Å²) in [5, 5.41) is 7.56. The van der Waals surface area contributed by atoms with E-state index in [9.17, 15) is 4.79 Å². The van der Waals surface area contributed by atoms with Gasteiger partial charge in [-0.2, -0.15) is 0 Å². The van der Waals surface area contributed by atoms with Crippen molar-refractivity contribution in [1.29, 1.82) is 0 Å². The fourth-order valence-electron chi connectivity index (χ4n) is 4.59. The number of hydrogen-bond donors (Lipinski definition) is 2. The highest BCUT2D eigenvalue weighted by molar-refractivity contribution is 5.97. The van der Waals surface area contributed by atoms with Gasteiger partial charge in [-0.1, -0.05) is 12.1 Å². The Balaban J connectivity index is 0.000000577. The number of fused-ring (bicyclic) bond motifs is 1. The number of nitrogens with one attached hydrogen (secondary N) is 2. The van der Waals surface area contributed by atoms with Crippen molar-refractivity contribution in [3.63, 3.8) is 0 Å². The van der Waals surface area contributed by atoms with Crippen LogP contribution in [-0.4, -0.2) is 57.4 Å². The van der Waals surface area contributed by atoms with Gasteiger partial charge in [0, 0.05) is 35.9 Å². The lowest BCUT2D eigenvalue weighted by Gasteiger charge is -2.30. The van der Waals surface area contributed by atoms with Gasteiger partial charge in [0.2, 0.25) is 0 Å². The topological polar surface area (TPSA) is 75.7 Å². The molecule has 6 rings (SSSR count). The van der Waals surface area contributed by atoms with E-state index in [0.29, 0.717) is 11.3 Å². The molecule has 184 valence electrons. The second-order valence-corrected chi connectivity index (χ2v) is 9.48. The molecule has 3 aromatic rings. The molecule has 0 atom stereocenters. The van der Waals surface area contributed by atoms with Crippen LogP contribution in [-0.2, 0) is 10.3 Å². The Bertz CT molecular complexity index is 1190. The van der Waals surface area contributed by atoms with Crippen molar-refractivity contribution in [2.24, 2.45) is 0 Å². The van der Waals surface area contributed by atoms with Crippen molar-refractivity contribution in [2.75, 3.05) is 51.4 Å². The number of rotatable bonds is 5. The first-order valence-corrected chi connectivity index (χ1v) is 12.5. The van der Waals surface area contributed by atoms with Crippen molar-refractivity contribution in [1.82, 2.24) is 15.6 Å². The number of benzene rings is 2. The van der Waals surface area contributed by atoms with Crippen LogP contribution in [0.1, 0.15) is 40.7 Å². The number of morpholine rings is 1. The Hall–Kier alpha value is -3.16. The van der Waals surface area contributed by atoms with Crippen LogP contribution in [0.15, 0.2) is 48.7 Å². The highest BCUT2D eigenvalue weighted by atomic mass is 16.5. The zero-order valence-electron chi connectivity index (χ0n) is 20.6. The highest BCUT2D eigenvalue weighted by Gasteiger charge is 2.47. The minimum Gasteiger partial charge on any atom is -0.497 e. The van der Waals surface area contributed by atoms with E-state index < -0.39 is 0 Å². The number of amides is 1. The van der Waals surface area contributed by atoms with Crippen LogP contribution in [0.2, 0.25) is 0 Å². The molecular formula is C28H34N4O3. The van der Waals surface area contributed by atoms with Gasteiger partial charge in [-0.3, -0.25) is 9.78 Å². The molecule has 1 saturated carbocycles. The number of nitrogens with zero attached hydrogens (tertiary/aromatic N) is 2. The van der Waals surface area contributed by atoms with Crippen LogP contribution in [0.5, 0.6) is 5.75 Å². The molecule has 7 nitrogen and oxygen atoms in total. The molecule has 0 unspecified atom stereocenters. The van der Waals surface area contributed by atoms with E-state index in [1.54, 1.807) is 7.11 Å². The smallest absolute Gasteiger partial charge is 0.252 e. The summed E-state index contributed by atoms with van der Waals surface area (Å²) in [4.78, 5) is 20.2. The van der Waals surface area contributed by atoms with Gasteiger partial charge in [0.15, 0.2) is 0 Å². The van der Waals surface area contributed by atoms with Gasteiger partial charge in [-0.15, -0.1) is 0 Å². The van der Waals surface area contributed by atoms with Crippen molar-refractivity contribution in [3.05, 3.63) is 65.4 Å². The first-order chi connectivity index (χ1) is 17.1. The molecule has 1 aromatic heterocycles. The zero-order chi connectivity index (χ0) is 24.3. The molecule has 7 heteroatoms. The van der Waals surface area contributed by atoms with Crippen LogP contribution in [0, 0.1) is 6.92 Å². The first-order valence-electron chi connectivity index (χ1n) is 12.5. The molecular weight excluding hydrogens is 440 g/mol. The van der Waals surface area contributed by atoms with Gasteiger partial charge in [0.25, 0.3) is 5.91 Å². The minimum absolute atomic E-state index is 0.0669. The summed E-state index contributed by atoms with van der Waals surface area (Å²) in [5.41, 5.74) is 4.46. The number of aromatic nitrogens is 1. The molecule has 3 fully saturated rings. The second kappa shape index (κ2) is 10.2. The third-order valence-corrected chi connectivity index (χ3v) is 7.10. The van der Waals surface area contributed by atoms with Crippen LogP contribution >= 0.6 is 0 Å². The summed E-state index contributed by atoms with van der Waals surface area (Å²) in [6, 6.07) is 14.1. The standard InChI is InChI=1S/C25H27N3O3.C3H7N/c1-17-5-6-19(30-2)16-21(17)24(29)27-25(7-8-25)22-14-18(28-10-12-31-13-11-28)15-23-20(22)4-3-9-26-23;1-2-4-3-1/h3-6,9,14-16H,7-8,10-13H2,1-2H3,(H,27,29);4H,1-3H2. The largest absolute Gasteiger partial charge is 0.497 e. The fourth-order valence-corrected chi connectivity index (χ4v) is 4.59. The normalized spacial score (nSPS) is 18.2. The van der Waals surface area contributed by atoms with Gasteiger partial charge in [0.1, 0.15) is 5.75 Å². The lowest BCUT2D eigenvalue weighted by Crippen LogP contribution is -2.37. The fraction of sp³-hybridized carbons (Fsp3) is 0.429. The molecule has 35 heavy (non-hydrogen) atoms. The van der Waals surface area contributed by atoms with E-state index in [-0.39, 0.29) is 11.4 Å². The Morgan fingerprint density at radius 3 is 2.54 bits per heavy atom. The van der Waals surface area contributed by atoms with Crippen molar-refractivity contribution in [3.8, 4) is 5.75 Å². The number of aryl methyl sites for hydroxylation is 1. The molecule has 2 N–H and O–H groups in total. The first kappa shape index (κ1) is 23.6. The maximum atomic E-state index is 13.3. The van der Waals surface area contributed by atoms with Crippen LogP contribution in [0.25, 0.3) is 10.9 Å². The van der Waals surface area contributed by atoms with E-state index in [4.69, 9.17) is 9.47 Å². The van der Waals surface area contributed by atoms with Crippen molar-refractivity contribution < 1.29 is 14.3 Å². The van der Waals surface area contributed by atoms with Gasteiger partial charge in [-0.25, -0.2) is 0 Å². The molecule has 0 radical (unpaired) electrons. The Labute approximate surface area is 206 Å². The lowest BCUT2D eigenvalue weighted by atomic mass is 9.97. The molecule has 0 spiro atoms. The van der Waals surface area contributed by atoms with Crippen LogP contribution in [0.3, 0.4) is 0 Å². The molecule has 3 aliphatic rings. The highest BCUT2D eigenvalue weighted by Crippen LogP contribution is 2.49. The Morgan fingerprint density at radius 2 is 1.89 bits per heavy atom. The molecule has 0 bridgehead atoms. The average Bonchev–Trinajstić information content (AvgIpc) is 3.63. The summed E-state index contributed by atoms with van der Waals surface area (Å²) in [6.45, 7) is 7.63. The van der Waals surface area contributed by atoms with Crippen molar-refractivity contribution >= 4 is 22.5 Å². The van der Waals surface area contributed by atoms with Crippen LogP contribution in [0.4, 0.5) is 5.69 Å². The molecule has 2 aliphatic heterocycles. The summed E-state index contributed by atoms with van der Waals surface area (Å²) < 4.78 is 10.9. The van der Waals surface area contributed by atoms with Crippen LogP contribution < -0.4 is 20.3 Å². The second-order valence-electron chi connectivity index (χ2n) is 9.48. The predicted octanol–water partition coefficient (Wildman–Crippen LogP) is 3.79. The number of hydrogen-bond acceptors (Lipinski definition) is 6. The summed E-state index contributed by atoms with van der Waals surface area (Å²) in [6.07, 6.45) is 5.05. The van der Waals surface area contributed by atoms with E-state index in [1.165, 1.54) is 19.5 Å². The number of anilines is 1. The van der Waals surface area contributed by atoms with Crippen molar-refractivity contribution in [2.45, 2.75) is 31.7 Å². The number of pyridine rings is 1. The van der Waals surface area contributed by atoms with Gasteiger partial charge in [0.05, 0.1) is 31.4 Å². The van der Waals surface area contributed by atoms with E-state index >= 15 is 0 Å². The predicted molar refractivity (Wildman–Crippen MR) is 138 cm³/mol. The van der Waals surface area contributed by atoms with E-state index in [1.807, 2.05) is 37.4 Å². The van der Waals surface area contributed by atoms with Gasteiger partial charge >= 0.3 is 0 Å². The Kier molecular flexibility index (Phi) is 6.88. The Morgan fingerprint density at radius 1 is 1.14 bits per heavy atom. The van der Waals surface area contributed by atoms with Gasteiger partial charge < -0.3 is 25.0 Å². The number of ether oxygens (including phenoxy) is 2. The molecule has 3 heterocycles. The zero-order valence-corrected chi connectivity index (χ0v) is 20.6. The van der Waals surface area contributed by atoms with E-state index in [2.05, 4.69) is 38.7 Å².